The number of benzene rings is 1. The van der Waals surface area contributed by atoms with Crippen LogP contribution in [0.25, 0.3) is 0 Å². The fourth-order valence-corrected chi connectivity index (χ4v) is 2.89. The molecule has 1 amide bonds. The van der Waals surface area contributed by atoms with E-state index in [9.17, 15) is 4.79 Å². The third-order valence-corrected chi connectivity index (χ3v) is 4.48. The highest BCUT2D eigenvalue weighted by Crippen LogP contribution is 2.19. The van der Waals surface area contributed by atoms with Gasteiger partial charge in [0.05, 0.1) is 0 Å². The normalized spacial score (nSPS) is 15.3. The lowest BCUT2D eigenvalue weighted by atomic mass is 10.00. The largest absolute Gasteiger partial charge is 0.350 e. The van der Waals surface area contributed by atoms with E-state index in [-0.39, 0.29) is 5.91 Å². The van der Waals surface area contributed by atoms with Crippen molar-refractivity contribution >= 4 is 11.9 Å². The number of carbonyl (C=O) groups is 1. The van der Waals surface area contributed by atoms with Gasteiger partial charge in [-0.2, -0.15) is 0 Å². The van der Waals surface area contributed by atoms with Crippen molar-refractivity contribution in [2.45, 2.75) is 26.2 Å². The van der Waals surface area contributed by atoms with Crippen molar-refractivity contribution in [2.24, 2.45) is 5.92 Å². The van der Waals surface area contributed by atoms with Crippen molar-refractivity contribution in [2.75, 3.05) is 24.5 Å². The van der Waals surface area contributed by atoms with Crippen molar-refractivity contribution in [3.8, 4) is 0 Å². The molecule has 0 radical (unpaired) electrons. The number of hydrogen-bond acceptors (Lipinski definition) is 4. The number of nitrogens with zero attached hydrogens (tertiary/aromatic N) is 3. The summed E-state index contributed by atoms with van der Waals surface area (Å²) in [6, 6.07) is 11.8. The highest BCUT2D eigenvalue weighted by molar-refractivity contribution is 5.92. The molecule has 2 aromatic rings. The van der Waals surface area contributed by atoms with Gasteiger partial charge in [-0.25, -0.2) is 9.97 Å². The minimum absolute atomic E-state index is 0.139. The molecule has 1 N–H and O–H groups in total. The quantitative estimate of drug-likeness (QED) is 0.919. The lowest BCUT2D eigenvalue weighted by molar-refractivity contribution is 0.0949. The molecule has 126 valence electrons. The molecule has 1 aliphatic heterocycles. The molecule has 1 aliphatic rings. The van der Waals surface area contributed by atoms with E-state index < -0.39 is 0 Å². The number of nitrogens with one attached hydrogen (secondary N) is 1. The van der Waals surface area contributed by atoms with Crippen LogP contribution in [0.3, 0.4) is 0 Å². The first-order valence-corrected chi connectivity index (χ1v) is 8.62. The Kier molecular flexibility index (Phi) is 5.41. The average Bonchev–Trinajstić information content (AvgIpc) is 2.63. The first kappa shape index (κ1) is 16.4. The van der Waals surface area contributed by atoms with E-state index in [0.29, 0.717) is 18.2 Å². The highest BCUT2D eigenvalue weighted by atomic mass is 16.1. The molecular weight excluding hydrogens is 300 g/mol. The number of amides is 1. The number of anilines is 1. The van der Waals surface area contributed by atoms with Crippen molar-refractivity contribution in [3.05, 3.63) is 53.9 Å². The van der Waals surface area contributed by atoms with Crippen LogP contribution in [0.2, 0.25) is 0 Å². The van der Waals surface area contributed by atoms with Crippen LogP contribution in [0.5, 0.6) is 0 Å². The third-order valence-electron chi connectivity index (χ3n) is 4.48. The van der Waals surface area contributed by atoms with Gasteiger partial charge in [-0.1, -0.05) is 37.3 Å². The van der Waals surface area contributed by atoms with Gasteiger partial charge in [0.25, 0.3) is 5.91 Å². The van der Waals surface area contributed by atoms with Crippen LogP contribution >= 0.6 is 0 Å². The van der Waals surface area contributed by atoms with E-state index in [1.807, 2.05) is 18.2 Å². The van der Waals surface area contributed by atoms with Crippen LogP contribution in [0.4, 0.5) is 5.95 Å². The van der Waals surface area contributed by atoms with Gasteiger partial charge in [0, 0.05) is 25.8 Å². The van der Waals surface area contributed by atoms with Gasteiger partial charge in [-0.3, -0.25) is 4.79 Å². The SMILES string of the molecule is CC1CCN(c2nccc(C(=O)NCCc3ccccc3)n2)CC1. The topological polar surface area (TPSA) is 58.1 Å². The molecule has 0 unspecified atom stereocenters. The number of carbonyl (C=O) groups excluding carboxylic acids is 1. The predicted octanol–water partition coefficient (Wildman–Crippen LogP) is 2.69. The van der Waals surface area contributed by atoms with E-state index in [4.69, 9.17) is 0 Å². The number of aromatic nitrogens is 2. The molecule has 1 fully saturated rings. The van der Waals surface area contributed by atoms with Crippen molar-refractivity contribution in [1.29, 1.82) is 0 Å². The molecule has 0 atom stereocenters. The van der Waals surface area contributed by atoms with E-state index in [1.54, 1.807) is 12.3 Å². The molecular formula is C19H24N4O. The van der Waals surface area contributed by atoms with Gasteiger partial charge in [0.2, 0.25) is 5.95 Å². The smallest absolute Gasteiger partial charge is 0.270 e. The third kappa shape index (κ3) is 4.31. The standard InChI is InChI=1S/C19H24N4O/c1-15-9-13-23(14-10-15)19-21-12-8-17(22-19)18(24)20-11-7-16-5-3-2-4-6-16/h2-6,8,12,15H,7,9-11,13-14H2,1H3,(H,20,24). The summed E-state index contributed by atoms with van der Waals surface area (Å²) in [7, 11) is 0. The summed E-state index contributed by atoms with van der Waals surface area (Å²) >= 11 is 0. The minimum Gasteiger partial charge on any atom is -0.350 e. The Bertz CT molecular complexity index is 666. The lowest BCUT2D eigenvalue weighted by Gasteiger charge is -2.30. The van der Waals surface area contributed by atoms with Gasteiger partial charge in [0.1, 0.15) is 5.69 Å². The number of piperidine rings is 1. The molecule has 1 saturated heterocycles. The first-order valence-electron chi connectivity index (χ1n) is 8.62. The second kappa shape index (κ2) is 7.90. The van der Waals surface area contributed by atoms with E-state index in [2.05, 4.69) is 39.2 Å². The number of rotatable bonds is 5. The molecule has 0 bridgehead atoms. The summed E-state index contributed by atoms with van der Waals surface area (Å²) in [4.78, 5) is 23.3. The molecule has 1 aromatic heterocycles. The summed E-state index contributed by atoms with van der Waals surface area (Å²) in [5, 5.41) is 2.94. The average molecular weight is 324 g/mol. The zero-order valence-electron chi connectivity index (χ0n) is 14.1. The maximum absolute atomic E-state index is 12.3. The zero-order chi connectivity index (χ0) is 16.8. The van der Waals surface area contributed by atoms with Crippen LogP contribution in [0, 0.1) is 5.92 Å². The molecule has 0 aliphatic carbocycles. The van der Waals surface area contributed by atoms with Gasteiger partial charge in [-0.05, 0) is 36.8 Å². The predicted molar refractivity (Wildman–Crippen MR) is 95.1 cm³/mol. The fraction of sp³-hybridized carbons (Fsp3) is 0.421. The second-order valence-electron chi connectivity index (χ2n) is 6.40. The molecule has 3 rings (SSSR count). The zero-order valence-corrected chi connectivity index (χ0v) is 14.1. The van der Waals surface area contributed by atoms with E-state index >= 15 is 0 Å². The van der Waals surface area contributed by atoms with Gasteiger partial charge in [0.15, 0.2) is 0 Å². The van der Waals surface area contributed by atoms with Crippen molar-refractivity contribution in [3.63, 3.8) is 0 Å². The van der Waals surface area contributed by atoms with Gasteiger partial charge < -0.3 is 10.2 Å². The minimum atomic E-state index is -0.139. The molecule has 2 heterocycles. The molecule has 0 spiro atoms. The van der Waals surface area contributed by atoms with Crippen LogP contribution in [-0.4, -0.2) is 35.5 Å². The van der Waals surface area contributed by atoms with Crippen molar-refractivity contribution in [1.82, 2.24) is 15.3 Å². The van der Waals surface area contributed by atoms with E-state index in [0.717, 1.165) is 38.3 Å². The Morgan fingerprint density at radius 2 is 1.96 bits per heavy atom. The van der Waals surface area contributed by atoms with Gasteiger partial charge >= 0.3 is 0 Å². The molecule has 5 nitrogen and oxygen atoms in total. The van der Waals surface area contributed by atoms with E-state index in [1.165, 1.54) is 5.56 Å². The Labute approximate surface area is 143 Å². The Morgan fingerprint density at radius 1 is 1.21 bits per heavy atom. The summed E-state index contributed by atoms with van der Waals surface area (Å²) in [6.07, 6.45) is 4.79. The summed E-state index contributed by atoms with van der Waals surface area (Å²) in [5.41, 5.74) is 1.65. The summed E-state index contributed by atoms with van der Waals surface area (Å²) < 4.78 is 0. The molecule has 5 heteroatoms. The molecule has 0 saturated carbocycles. The first-order chi connectivity index (χ1) is 11.7. The van der Waals surface area contributed by atoms with Crippen LogP contribution in [0.1, 0.15) is 35.8 Å². The van der Waals surface area contributed by atoms with Crippen molar-refractivity contribution < 1.29 is 4.79 Å². The van der Waals surface area contributed by atoms with Crippen LogP contribution in [0.15, 0.2) is 42.6 Å². The molecule has 1 aromatic carbocycles. The number of hydrogen-bond donors (Lipinski definition) is 1. The molecule has 24 heavy (non-hydrogen) atoms. The maximum Gasteiger partial charge on any atom is 0.270 e. The van der Waals surface area contributed by atoms with Crippen LogP contribution < -0.4 is 10.2 Å². The summed E-state index contributed by atoms with van der Waals surface area (Å²) in [5.74, 6) is 1.28. The van der Waals surface area contributed by atoms with Crippen LogP contribution in [-0.2, 0) is 6.42 Å². The second-order valence-corrected chi connectivity index (χ2v) is 6.40. The Morgan fingerprint density at radius 3 is 2.71 bits per heavy atom. The van der Waals surface area contributed by atoms with Gasteiger partial charge in [-0.15, -0.1) is 0 Å². The summed E-state index contributed by atoms with van der Waals surface area (Å²) in [6.45, 7) is 4.79. The monoisotopic (exact) mass is 324 g/mol. The highest BCUT2D eigenvalue weighted by Gasteiger charge is 2.19. The maximum atomic E-state index is 12.3. The Hall–Kier alpha value is -2.43. The fourth-order valence-electron chi connectivity index (χ4n) is 2.89. The Balaban J connectivity index is 1.56. The lowest BCUT2D eigenvalue weighted by Crippen LogP contribution is -2.35.